The zero-order valence-corrected chi connectivity index (χ0v) is 13.5. The molecule has 0 spiro atoms. The maximum absolute atomic E-state index is 12.0. The van der Waals surface area contributed by atoms with Crippen molar-refractivity contribution in [1.82, 2.24) is 10.7 Å². The first kappa shape index (κ1) is 16.4. The molecule has 7 nitrogen and oxygen atoms in total. The van der Waals surface area contributed by atoms with Gasteiger partial charge >= 0.3 is 0 Å². The van der Waals surface area contributed by atoms with Gasteiger partial charge in [-0.25, -0.2) is 5.43 Å². The summed E-state index contributed by atoms with van der Waals surface area (Å²) in [7, 11) is 0. The van der Waals surface area contributed by atoms with Gasteiger partial charge in [0.05, 0.1) is 12.7 Å². The number of benzene rings is 1. The van der Waals surface area contributed by atoms with Crippen molar-refractivity contribution in [3.05, 3.63) is 30.3 Å². The van der Waals surface area contributed by atoms with Gasteiger partial charge in [0.25, 0.3) is 5.91 Å². The van der Waals surface area contributed by atoms with Crippen LogP contribution in [0.25, 0.3) is 0 Å². The quantitative estimate of drug-likeness (QED) is 0.831. The van der Waals surface area contributed by atoms with Crippen molar-refractivity contribution in [2.45, 2.75) is 25.4 Å². The van der Waals surface area contributed by atoms with Crippen molar-refractivity contribution in [1.29, 1.82) is 0 Å². The van der Waals surface area contributed by atoms with E-state index in [9.17, 15) is 9.59 Å². The Morgan fingerprint density at radius 1 is 1.33 bits per heavy atom. The van der Waals surface area contributed by atoms with Crippen LogP contribution >= 0.6 is 0 Å². The largest absolute Gasteiger partial charge is 0.374 e. The molecule has 0 radical (unpaired) electrons. The molecule has 7 heteroatoms. The summed E-state index contributed by atoms with van der Waals surface area (Å²) in [6, 6.07) is 10.3. The van der Waals surface area contributed by atoms with Crippen LogP contribution in [0.4, 0.5) is 5.69 Å². The minimum absolute atomic E-state index is 0.0900. The predicted molar refractivity (Wildman–Crippen MR) is 90.8 cm³/mol. The minimum Gasteiger partial charge on any atom is -0.374 e. The van der Waals surface area contributed by atoms with E-state index < -0.39 is 0 Å². The average Bonchev–Trinajstić information content (AvgIpc) is 2.63. The molecule has 2 aliphatic rings. The van der Waals surface area contributed by atoms with E-state index >= 15 is 0 Å². The highest BCUT2D eigenvalue weighted by molar-refractivity contribution is 6.39. The summed E-state index contributed by atoms with van der Waals surface area (Å²) in [4.78, 5) is 25.3. The Bertz CT molecular complexity index is 618. The lowest BCUT2D eigenvalue weighted by molar-refractivity contribution is -0.121. The average molecular weight is 330 g/mol. The molecule has 1 fully saturated rings. The van der Waals surface area contributed by atoms with Crippen LogP contribution in [0.2, 0.25) is 0 Å². The number of amides is 2. The van der Waals surface area contributed by atoms with Gasteiger partial charge < -0.3 is 15.0 Å². The number of hydrogen-bond acceptors (Lipinski definition) is 5. The van der Waals surface area contributed by atoms with E-state index in [4.69, 9.17) is 4.74 Å². The van der Waals surface area contributed by atoms with Crippen LogP contribution < -0.4 is 15.6 Å². The molecule has 1 unspecified atom stereocenters. The normalized spacial score (nSPS) is 21.0. The van der Waals surface area contributed by atoms with Gasteiger partial charge in [0.2, 0.25) is 5.91 Å². The van der Waals surface area contributed by atoms with Crippen molar-refractivity contribution >= 4 is 23.2 Å². The number of nitrogens with one attached hydrogen (secondary N) is 2. The second kappa shape index (κ2) is 7.92. The molecule has 1 aromatic rings. The number of ether oxygens (including phenoxy) is 1. The number of morpholine rings is 1. The Kier molecular flexibility index (Phi) is 5.43. The van der Waals surface area contributed by atoms with E-state index in [1.165, 1.54) is 5.69 Å². The van der Waals surface area contributed by atoms with Crippen molar-refractivity contribution < 1.29 is 14.3 Å². The van der Waals surface area contributed by atoms with Crippen LogP contribution in [0.15, 0.2) is 35.4 Å². The fourth-order valence-corrected chi connectivity index (χ4v) is 2.85. The van der Waals surface area contributed by atoms with Crippen molar-refractivity contribution in [3.63, 3.8) is 0 Å². The van der Waals surface area contributed by atoms with Crippen LogP contribution in [0, 0.1) is 0 Å². The maximum atomic E-state index is 12.0. The number of carbonyl (C=O) groups is 2. The second-order valence-corrected chi connectivity index (χ2v) is 5.91. The molecular formula is C17H22N4O3. The molecular weight excluding hydrogens is 308 g/mol. The van der Waals surface area contributed by atoms with E-state index in [0.29, 0.717) is 31.7 Å². The third-order valence-electron chi connectivity index (χ3n) is 4.18. The van der Waals surface area contributed by atoms with E-state index in [0.717, 1.165) is 19.5 Å². The smallest absolute Gasteiger partial charge is 0.267 e. The van der Waals surface area contributed by atoms with Crippen LogP contribution in [-0.2, 0) is 14.3 Å². The lowest BCUT2D eigenvalue weighted by Gasteiger charge is -2.34. The first-order chi connectivity index (χ1) is 11.7. The standard InChI is InChI=1S/C17H22N4O3/c22-16-7-6-15(19-20-16)17(23)18-9-8-14-12-21(10-11-24-14)13-4-2-1-3-5-13/h1-5,14H,6-12H2,(H,18,23)(H,20,22). The fourth-order valence-electron chi connectivity index (χ4n) is 2.85. The summed E-state index contributed by atoms with van der Waals surface area (Å²) in [5.74, 6) is -0.367. The summed E-state index contributed by atoms with van der Waals surface area (Å²) in [6.07, 6.45) is 1.53. The van der Waals surface area contributed by atoms with E-state index in [1.807, 2.05) is 18.2 Å². The molecule has 0 aliphatic carbocycles. The summed E-state index contributed by atoms with van der Waals surface area (Å²) < 4.78 is 5.79. The Morgan fingerprint density at radius 3 is 2.92 bits per heavy atom. The summed E-state index contributed by atoms with van der Waals surface area (Å²) >= 11 is 0. The molecule has 2 amide bonds. The summed E-state index contributed by atoms with van der Waals surface area (Å²) in [5.41, 5.74) is 3.91. The zero-order chi connectivity index (χ0) is 16.8. The van der Waals surface area contributed by atoms with Crippen LogP contribution in [0.1, 0.15) is 19.3 Å². The van der Waals surface area contributed by atoms with Crippen molar-refractivity contribution in [2.75, 3.05) is 31.1 Å². The predicted octanol–water partition coefficient (Wildman–Crippen LogP) is 0.664. The monoisotopic (exact) mass is 330 g/mol. The highest BCUT2D eigenvalue weighted by Gasteiger charge is 2.22. The van der Waals surface area contributed by atoms with E-state index in [-0.39, 0.29) is 17.9 Å². The zero-order valence-electron chi connectivity index (χ0n) is 13.5. The Hall–Kier alpha value is -2.41. The number of nitrogens with zero attached hydrogens (tertiary/aromatic N) is 2. The molecule has 0 aromatic heterocycles. The fraction of sp³-hybridized carbons (Fsp3) is 0.471. The van der Waals surface area contributed by atoms with Gasteiger partial charge in [-0.3, -0.25) is 9.59 Å². The van der Waals surface area contributed by atoms with Crippen LogP contribution in [0.3, 0.4) is 0 Å². The molecule has 3 rings (SSSR count). The van der Waals surface area contributed by atoms with Crippen LogP contribution in [-0.4, -0.2) is 49.9 Å². The molecule has 24 heavy (non-hydrogen) atoms. The second-order valence-electron chi connectivity index (χ2n) is 5.91. The van der Waals surface area contributed by atoms with Gasteiger partial charge in [-0.1, -0.05) is 18.2 Å². The molecule has 1 atom stereocenters. The number of hydrogen-bond donors (Lipinski definition) is 2. The molecule has 2 aliphatic heterocycles. The number of hydrazone groups is 1. The number of rotatable bonds is 5. The van der Waals surface area contributed by atoms with Gasteiger partial charge in [0.1, 0.15) is 5.71 Å². The third kappa shape index (κ3) is 4.32. The molecule has 1 saturated heterocycles. The first-order valence-corrected chi connectivity index (χ1v) is 8.27. The van der Waals surface area contributed by atoms with Crippen molar-refractivity contribution in [2.24, 2.45) is 5.10 Å². The van der Waals surface area contributed by atoms with Crippen molar-refractivity contribution in [3.8, 4) is 0 Å². The summed E-state index contributed by atoms with van der Waals surface area (Å²) in [6.45, 7) is 2.91. The third-order valence-corrected chi connectivity index (χ3v) is 4.18. The van der Waals surface area contributed by atoms with Gasteiger partial charge in [-0.2, -0.15) is 5.10 Å². The van der Waals surface area contributed by atoms with Crippen LogP contribution in [0.5, 0.6) is 0 Å². The number of carbonyl (C=O) groups excluding carboxylic acids is 2. The van der Waals surface area contributed by atoms with Gasteiger partial charge in [0, 0.05) is 38.2 Å². The molecule has 2 N–H and O–H groups in total. The molecule has 0 saturated carbocycles. The molecule has 0 bridgehead atoms. The van der Waals surface area contributed by atoms with E-state index in [2.05, 4.69) is 32.9 Å². The van der Waals surface area contributed by atoms with E-state index in [1.54, 1.807) is 0 Å². The van der Waals surface area contributed by atoms with Gasteiger partial charge in [-0.15, -0.1) is 0 Å². The Balaban J connectivity index is 1.43. The topological polar surface area (TPSA) is 83.0 Å². The molecule has 2 heterocycles. The maximum Gasteiger partial charge on any atom is 0.267 e. The summed E-state index contributed by atoms with van der Waals surface area (Å²) in [5, 5.41) is 6.64. The minimum atomic E-state index is -0.217. The lowest BCUT2D eigenvalue weighted by atomic mass is 10.1. The Labute approximate surface area is 141 Å². The number of anilines is 1. The first-order valence-electron chi connectivity index (χ1n) is 8.27. The lowest BCUT2D eigenvalue weighted by Crippen LogP contribution is -2.44. The molecule has 1 aromatic carbocycles. The molecule has 128 valence electrons. The highest BCUT2D eigenvalue weighted by atomic mass is 16.5. The number of para-hydroxylation sites is 1. The van der Waals surface area contributed by atoms with Gasteiger partial charge in [-0.05, 0) is 18.6 Å². The highest BCUT2D eigenvalue weighted by Crippen LogP contribution is 2.18. The van der Waals surface area contributed by atoms with Gasteiger partial charge in [0.15, 0.2) is 0 Å². The Morgan fingerprint density at radius 2 is 2.17 bits per heavy atom. The SMILES string of the molecule is O=C1CCC(C(=O)NCCC2CN(c3ccccc3)CCO2)=NN1.